The summed E-state index contributed by atoms with van der Waals surface area (Å²) < 4.78 is 27.7. The summed E-state index contributed by atoms with van der Waals surface area (Å²) in [6, 6.07) is 5.26. The normalized spacial score (nSPS) is 21.3. The number of anilines is 1. The summed E-state index contributed by atoms with van der Waals surface area (Å²) >= 11 is 1.28. The molecule has 2 aromatic rings. The topological polar surface area (TPSA) is 86.7 Å². The molecule has 4 heterocycles. The van der Waals surface area contributed by atoms with E-state index in [-0.39, 0.29) is 18.4 Å². The van der Waals surface area contributed by atoms with Crippen molar-refractivity contribution in [3.63, 3.8) is 0 Å². The molecule has 4 rings (SSSR count). The van der Waals surface area contributed by atoms with E-state index in [9.17, 15) is 13.2 Å². The number of piperazine rings is 1. The Hall–Kier alpha value is -2.04. The number of sulfonamides is 1. The number of thiophene rings is 1. The van der Waals surface area contributed by atoms with Crippen LogP contribution in [-0.2, 0) is 14.8 Å². The first-order chi connectivity index (χ1) is 13.9. The molecular weight excluding hydrogens is 410 g/mol. The maximum atomic E-state index is 13.1. The molecular formula is C19H25N5O3S2. The fourth-order valence-electron chi connectivity index (χ4n) is 3.88. The van der Waals surface area contributed by atoms with Crippen LogP contribution in [0.2, 0.25) is 0 Å². The molecule has 10 heteroatoms. The van der Waals surface area contributed by atoms with E-state index in [1.165, 1.54) is 15.6 Å². The lowest BCUT2D eigenvalue weighted by Gasteiger charge is -2.38. The first-order valence-corrected chi connectivity index (χ1v) is 12.1. The van der Waals surface area contributed by atoms with Crippen LogP contribution < -0.4 is 4.90 Å². The molecule has 2 aromatic heterocycles. The van der Waals surface area contributed by atoms with Crippen molar-refractivity contribution in [3.8, 4) is 0 Å². The highest BCUT2D eigenvalue weighted by molar-refractivity contribution is 7.91. The van der Waals surface area contributed by atoms with Crippen molar-refractivity contribution < 1.29 is 13.2 Å². The van der Waals surface area contributed by atoms with E-state index < -0.39 is 10.0 Å². The predicted octanol–water partition coefficient (Wildman–Crippen LogP) is 1.60. The first kappa shape index (κ1) is 20.2. The molecule has 2 fully saturated rings. The Kier molecular flexibility index (Phi) is 5.84. The van der Waals surface area contributed by atoms with Crippen molar-refractivity contribution in [2.24, 2.45) is 5.92 Å². The van der Waals surface area contributed by atoms with Gasteiger partial charge in [-0.25, -0.2) is 18.4 Å². The van der Waals surface area contributed by atoms with E-state index in [4.69, 9.17) is 0 Å². The van der Waals surface area contributed by atoms with Crippen LogP contribution in [0.5, 0.6) is 0 Å². The lowest BCUT2D eigenvalue weighted by molar-refractivity contribution is -0.137. The van der Waals surface area contributed by atoms with Crippen molar-refractivity contribution in [2.75, 3.05) is 44.2 Å². The quantitative estimate of drug-likeness (QED) is 0.725. The Morgan fingerprint density at radius 3 is 2.48 bits per heavy atom. The number of aromatic nitrogens is 2. The smallest absolute Gasteiger partial charge is 0.252 e. The highest BCUT2D eigenvalue weighted by Gasteiger charge is 2.36. The number of amides is 1. The molecule has 1 amide bonds. The second kappa shape index (κ2) is 8.37. The van der Waals surface area contributed by atoms with Gasteiger partial charge in [0.15, 0.2) is 0 Å². The molecule has 0 spiro atoms. The molecule has 0 N–H and O–H groups in total. The van der Waals surface area contributed by atoms with E-state index in [2.05, 4.69) is 14.9 Å². The zero-order valence-corrected chi connectivity index (χ0v) is 18.0. The molecule has 0 aliphatic carbocycles. The molecule has 2 aliphatic rings. The Bertz CT molecular complexity index is 955. The van der Waals surface area contributed by atoms with E-state index in [0.29, 0.717) is 49.3 Å². The molecule has 8 nitrogen and oxygen atoms in total. The summed E-state index contributed by atoms with van der Waals surface area (Å²) in [4.78, 5) is 26.5. The Balaban J connectivity index is 1.38. The van der Waals surface area contributed by atoms with Gasteiger partial charge >= 0.3 is 0 Å². The maximum Gasteiger partial charge on any atom is 0.252 e. The molecule has 1 atom stereocenters. The summed E-state index contributed by atoms with van der Waals surface area (Å²) in [6.07, 6.45) is 4.87. The lowest BCUT2D eigenvalue weighted by atomic mass is 9.98. The van der Waals surface area contributed by atoms with E-state index in [1.807, 2.05) is 17.9 Å². The van der Waals surface area contributed by atoms with Gasteiger partial charge < -0.3 is 9.80 Å². The van der Waals surface area contributed by atoms with Gasteiger partial charge in [-0.15, -0.1) is 11.3 Å². The van der Waals surface area contributed by atoms with E-state index >= 15 is 0 Å². The van der Waals surface area contributed by atoms with Crippen LogP contribution >= 0.6 is 11.3 Å². The number of piperidine rings is 1. The van der Waals surface area contributed by atoms with Crippen molar-refractivity contribution in [2.45, 2.75) is 24.0 Å². The monoisotopic (exact) mass is 435 g/mol. The summed E-state index contributed by atoms with van der Waals surface area (Å²) in [5.41, 5.74) is 0. The van der Waals surface area contributed by atoms with Crippen LogP contribution in [0.3, 0.4) is 0 Å². The van der Waals surface area contributed by atoms with Gasteiger partial charge in [0.1, 0.15) is 4.21 Å². The third kappa shape index (κ3) is 4.29. The highest BCUT2D eigenvalue weighted by Crippen LogP contribution is 2.29. The predicted molar refractivity (Wildman–Crippen MR) is 111 cm³/mol. The maximum absolute atomic E-state index is 13.1. The standard InChI is InChI=1S/C19H25N5O3S2/c1-15-5-6-17(28-15)29(26,27)24-9-2-4-16(14-24)18(25)22-10-12-23(13-11-22)19-20-7-3-8-21-19/h3,5-8,16H,2,4,9-14H2,1H3. The molecule has 2 saturated heterocycles. The number of carbonyl (C=O) groups excluding carboxylic acids is 1. The third-order valence-electron chi connectivity index (χ3n) is 5.47. The van der Waals surface area contributed by atoms with E-state index in [1.54, 1.807) is 24.5 Å². The van der Waals surface area contributed by atoms with Crippen LogP contribution in [-0.4, -0.2) is 72.8 Å². The van der Waals surface area contributed by atoms with Gasteiger partial charge in [-0.2, -0.15) is 4.31 Å². The number of nitrogens with zero attached hydrogens (tertiary/aromatic N) is 5. The fraction of sp³-hybridized carbons (Fsp3) is 0.526. The van der Waals surface area contributed by atoms with Crippen LogP contribution in [0.25, 0.3) is 0 Å². The molecule has 1 unspecified atom stereocenters. The van der Waals surface area contributed by atoms with Crippen LogP contribution in [0.1, 0.15) is 17.7 Å². The average Bonchev–Trinajstić information content (AvgIpc) is 3.21. The highest BCUT2D eigenvalue weighted by atomic mass is 32.2. The second-order valence-corrected chi connectivity index (χ2v) is 10.9. The first-order valence-electron chi connectivity index (χ1n) is 9.82. The van der Waals surface area contributed by atoms with Crippen molar-refractivity contribution in [3.05, 3.63) is 35.5 Å². The van der Waals surface area contributed by atoms with Gasteiger partial charge in [-0.05, 0) is 38.0 Å². The summed E-state index contributed by atoms with van der Waals surface area (Å²) in [6.45, 7) is 5.20. The summed E-state index contributed by atoms with van der Waals surface area (Å²) in [5, 5.41) is 0. The Morgan fingerprint density at radius 2 is 1.83 bits per heavy atom. The molecule has 2 aliphatic heterocycles. The zero-order valence-electron chi connectivity index (χ0n) is 16.4. The van der Waals surface area contributed by atoms with Gasteiger partial charge in [-0.3, -0.25) is 4.79 Å². The van der Waals surface area contributed by atoms with E-state index in [0.717, 1.165) is 11.3 Å². The molecule has 0 radical (unpaired) electrons. The van der Waals surface area contributed by atoms with Gasteiger partial charge in [0.05, 0.1) is 5.92 Å². The second-order valence-electron chi connectivity index (χ2n) is 7.43. The SMILES string of the molecule is Cc1ccc(S(=O)(=O)N2CCCC(C(=O)N3CCN(c4ncccn4)CC3)C2)s1. The Morgan fingerprint density at radius 1 is 1.10 bits per heavy atom. The van der Waals surface area contributed by atoms with Gasteiger partial charge in [0.25, 0.3) is 10.0 Å². The third-order valence-corrected chi connectivity index (χ3v) is 8.80. The van der Waals surface area contributed by atoms with Crippen LogP contribution in [0.15, 0.2) is 34.8 Å². The zero-order chi connectivity index (χ0) is 20.4. The number of hydrogen-bond donors (Lipinski definition) is 0. The number of rotatable bonds is 4. The van der Waals surface area contributed by atoms with Gasteiger partial charge in [0.2, 0.25) is 11.9 Å². The van der Waals surface area contributed by atoms with Crippen molar-refractivity contribution >= 4 is 33.2 Å². The van der Waals surface area contributed by atoms with Crippen molar-refractivity contribution in [1.82, 2.24) is 19.2 Å². The number of aryl methyl sites for hydroxylation is 1. The molecule has 156 valence electrons. The minimum atomic E-state index is -3.53. The molecule has 0 saturated carbocycles. The molecule has 29 heavy (non-hydrogen) atoms. The molecule has 0 aromatic carbocycles. The minimum absolute atomic E-state index is 0.0564. The fourth-order valence-corrected chi connectivity index (χ4v) is 6.84. The lowest BCUT2D eigenvalue weighted by Crippen LogP contribution is -2.53. The number of hydrogen-bond acceptors (Lipinski definition) is 7. The van der Waals surface area contributed by atoms with Gasteiger partial charge in [-0.1, -0.05) is 0 Å². The summed E-state index contributed by atoms with van der Waals surface area (Å²) in [5.74, 6) is 0.459. The average molecular weight is 436 g/mol. The summed E-state index contributed by atoms with van der Waals surface area (Å²) in [7, 11) is -3.53. The van der Waals surface area contributed by atoms with Crippen LogP contribution in [0, 0.1) is 12.8 Å². The van der Waals surface area contributed by atoms with Crippen molar-refractivity contribution in [1.29, 1.82) is 0 Å². The largest absolute Gasteiger partial charge is 0.339 e. The number of carbonyl (C=O) groups is 1. The Labute approximate surface area is 175 Å². The van der Waals surface area contributed by atoms with Gasteiger partial charge in [0, 0.05) is 56.5 Å². The van der Waals surface area contributed by atoms with Crippen LogP contribution in [0.4, 0.5) is 5.95 Å². The minimum Gasteiger partial charge on any atom is -0.339 e. The molecule has 0 bridgehead atoms.